The molecule has 0 heterocycles. The maximum Gasteiger partial charge on any atom is 0.305 e. The van der Waals surface area contributed by atoms with Crippen LogP contribution in [0.5, 0.6) is 0 Å². The van der Waals surface area contributed by atoms with Crippen LogP contribution in [0, 0.1) is 5.41 Å². The SMILES string of the molecule is C.C.C.C.C.C.CCC(=O)OC.CCC(=O)OC.CCCC(=O)C(C)(C)CCC.CCOC.COCC(C)=O. The van der Waals surface area contributed by atoms with Crippen molar-refractivity contribution in [1.82, 2.24) is 0 Å². The Morgan fingerprint density at radius 2 is 0.949 bits per heavy atom. The quantitative estimate of drug-likeness (QED) is 0.237. The molecule has 0 atom stereocenters. The van der Waals surface area contributed by atoms with Crippen LogP contribution in [0.4, 0.5) is 0 Å². The zero-order chi connectivity index (χ0) is 27.3. The van der Waals surface area contributed by atoms with Gasteiger partial charge in [-0.1, -0.05) is 92.5 Å². The van der Waals surface area contributed by atoms with Crippen molar-refractivity contribution in [3.63, 3.8) is 0 Å². The average Bonchev–Trinajstić information content (AvgIpc) is 2.79. The fourth-order valence-electron chi connectivity index (χ4n) is 1.82. The molecule has 0 unspecified atom stereocenters. The highest BCUT2D eigenvalue weighted by Crippen LogP contribution is 2.25. The Kier molecular flexibility index (Phi) is 103. The molecule has 248 valence electrons. The minimum Gasteiger partial charge on any atom is -0.469 e. The van der Waals surface area contributed by atoms with Crippen molar-refractivity contribution in [3.05, 3.63) is 0 Å². The van der Waals surface area contributed by atoms with Gasteiger partial charge >= 0.3 is 11.9 Å². The second-order valence-corrected chi connectivity index (χ2v) is 7.38. The summed E-state index contributed by atoms with van der Waals surface area (Å²) in [6.45, 7) is 16.3. The summed E-state index contributed by atoms with van der Waals surface area (Å²) >= 11 is 0. The zero-order valence-electron chi connectivity index (χ0n) is 23.4. The van der Waals surface area contributed by atoms with Gasteiger partial charge in [-0.3, -0.25) is 19.2 Å². The minimum absolute atomic E-state index is 0. The molecule has 0 aromatic carbocycles. The Bertz CT molecular complexity index is 432. The number of carbonyl (C=O) groups excluding carboxylic acids is 4. The predicted molar refractivity (Wildman–Crippen MR) is 174 cm³/mol. The molecular formula is C31H76O8. The van der Waals surface area contributed by atoms with Gasteiger partial charge in [0.25, 0.3) is 0 Å². The van der Waals surface area contributed by atoms with Crippen LogP contribution in [0.2, 0.25) is 0 Å². The number of methoxy groups -OCH3 is 4. The molecule has 0 N–H and O–H groups in total. The second-order valence-electron chi connectivity index (χ2n) is 7.38. The maximum absolute atomic E-state index is 11.5. The van der Waals surface area contributed by atoms with Gasteiger partial charge in [-0.25, -0.2) is 0 Å². The second kappa shape index (κ2) is 56.4. The van der Waals surface area contributed by atoms with E-state index in [0.717, 1.165) is 32.3 Å². The summed E-state index contributed by atoms with van der Waals surface area (Å²) in [5, 5.41) is 0. The lowest BCUT2D eigenvalue weighted by atomic mass is 9.82. The molecule has 0 amide bonds. The molecule has 0 aromatic heterocycles. The number of esters is 2. The Hall–Kier alpha value is -1.80. The van der Waals surface area contributed by atoms with E-state index < -0.39 is 0 Å². The van der Waals surface area contributed by atoms with Crippen molar-refractivity contribution in [1.29, 1.82) is 0 Å². The molecule has 0 fully saturated rings. The summed E-state index contributed by atoms with van der Waals surface area (Å²) in [6, 6.07) is 0. The molecule has 0 bridgehead atoms. The number of hydrogen-bond donors (Lipinski definition) is 0. The van der Waals surface area contributed by atoms with Crippen LogP contribution in [0.1, 0.15) is 138 Å². The molecule has 39 heavy (non-hydrogen) atoms. The molecule has 0 spiro atoms. The van der Waals surface area contributed by atoms with Gasteiger partial charge in [-0.05, 0) is 26.7 Å². The highest BCUT2D eigenvalue weighted by Gasteiger charge is 2.24. The van der Waals surface area contributed by atoms with E-state index in [9.17, 15) is 19.2 Å². The highest BCUT2D eigenvalue weighted by molar-refractivity contribution is 5.83. The van der Waals surface area contributed by atoms with Crippen molar-refractivity contribution in [2.45, 2.75) is 138 Å². The van der Waals surface area contributed by atoms with E-state index in [1.54, 1.807) is 21.0 Å². The zero-order valence-corrected chi connectivity index (χ0v) is 23.4. The molecule has 0 aromatic rings. The minimum atomic E-state index is -0.157. The van der Waals surface area contributed by atoms with Crippen LogP contribution in [0.3, 0.4) is 0 Å². The van der Waals surface area contributed by atoms with E-state index >= 15 is 0 Å². The third-order valence-electron chi connectivity index (χ3n) is 3.78. The molecule has 0 rings (SSSR count). The van der Waals surface area contributed by atoms with Crippen molar-refractivity contribution in [2.75, 3.05) is 41.7 Å². The molecule has 0 aliphatic rings. The number of ketones is 2. The standard InChI is InChI=1S/C10H20O.3C4H8O2.C3H8O.6CH4/c1-5-7-9(11)10(3,4)8-6-2;1-4(5)3-6-2;2*1-3-4(5)6-2;1-3-4-2;;;;;;/h5-8H2,1-4H3;3*3H2,1-2H3;3H2,1-2H3;6*1H4. The van der Waals surface area contributed by atoms with Gasteiger partial charge < -0.3 is 18.9 Å². The summed E-state index contributed by atoms with van der Waals surface area (Å²) in [6.07, 6.45) is 4.78. The molecule has 0 saturated carbocycles. The van der Waals surface area contributed by atoms with E-state index in [1.165, 1.54) is 28.3 Å². The summed E-state index contributed by atoms with van der Waals surface area (Å²) in [5.41, 5.74) is -0.0786. The van der Waals surface area contributed by atoms with E-state index in [1.807, 2.05) is 6.92 Å². The maximum atomic E-state index is 11.5. The van der Waals surface area contributed by atoms with Crippen LogP contribution < -0.4 is 0 Å². The molecular weight excluding hydrogens is 500 g/mol. The lowest BCUT2D eigenvalue weighted by Gasteiger charge is -2.21. The Morgan fingerprint density at radius 1 is 0.615 bits per heavy atom. The summed E-state index contributed by atoms with van der Waals surface area (Å²) < 4.78 is 17.5. The third-order valence-corrected chi connectivity index (χ3v) is 3.78. The van der Waals surface area contributed by atoms with Gasteiger partial charge in [0.05, 0.1) is 14.2 Å². The largest absolute Gasteiger partial charge is 0.469 e. The monoisotopic (exact) mass is 577 g/mol. The fourth-order valence-corrected chi connectivity index (χ4v) is 1.82. The normalized spacial score (nSPS) is 7.69. The highest BCUT2D eigenvalue weighted by atomic mass is 16.5. The van der Waals surface area contributed by atoms with Crippen LogP contribution in [0.15, 0.2) is 0 Å². The van der Waals surface area contributed by atoms with Gasteiger partial charge in [-0.15, -0.1) is 0 Å². The van der Waals surface area contributed by atoms with Gasteiger partial charge in [0.15, 0.2) is 5.78 Å². The predicted octanol–water partition coefficient (Wildman–Crippen LogP) is 9.01. The first kappa shape index (κ1) is 71.0. The van der Waals surface area contributed by atoms with Crippen LogP contribution in [0.25, 0.3) is 0 Å². The average molecular weight is 577 g/mol. The lowest BCUT2D eigenvalue weighted by Crippen LogP contribution is -2.23. The molecule has 0 aliphatic carbocycles. The van der Waals surface area contributed by atoms with Gasteiger partial charge in [-0.2, -0.15) is 0 Å². The number of carbonyl (C=O) groups is 4. The van der Waals surface area contributed by atoms with Crippen molar-refractivity contribution >= 4 is 23.5 Å². The summed E-state index contributed by atoms with van der Waals surface area (Å²) in [7, 11) is 5.94. The van der Waals surface area contributed by atoms with Crippen LogP contribution in [-0.2, 0) is 38.1 Å². The van der Waals surface area contributed by atoms with Gasteiger partial charge in [0.2, 0.25) is 0 Å². The Morgan fingerprint density at radius 3 is 1.05 bits per heavy atom. The van der Waals surface area contributed by atoms with Gasteiger partial charge in [0.1, 0.15) is 12.4 Å². The van der Waals surface area contributed by atoms with Crippen molar-refractivity contribution in [3.8, 4) is 0 Å². The first-order valence-electron chi connectivity index (χ1n) is 11.5. The molecule has 8 nitrogen and oxygen atoms in total. The summed E-state index contributed by atoms with van der Waals surface area (Å²) in [4.78, 5) is 41.3. The fraction of sp³-hybridized carbons (Fsp3) is 0.871. The van der Waals surface area contributed by atoms with Gasteiger partial charge in [0, 0.05) is 45.5 Å². The van der Waals surface area contributed by atoms with Crippen LogP contribution in [-0.4, -0.2) is 65.2 Å². The number of hydrogen-bond acceptors (Lipinski definition) is 8. The third kappa shape index (κ3) is 78.7. The smallest absolute Gasteiger partial charge is 0.305 e. The summed E-state index contributed by atoms with van der Waals surface area (Å²) in [5.74, 6) is 0.171. The molecule has 0 aliphatic heterocycles. The van der Waals surface area contributed by atoms with E-state index in [0.29, 0.717) is 18.6 Å². The first-order chi connectivity index (χ1) is 15.3. The molecule has 0 saturated heterocycles. The van der Waals surface area contributed by atoms with Crippen LogP contribution >= 0.6 is 0 Å². The first-order valence-corrected chi connectivity index (χ1v) is 11.5. The topological polar surface area (TPSA) is 105 Å². The Labute approximate surface area is 247 Å². The van der Waals surface area contributed by atoms with E-state index in [-0.39, 0.29) is 74.3 Å². The van der Waals surface area contributed by atoms with E-state index in [4.69, 9.17) is 0 Å². The Balaban J connectivity index is -0.0000000279. The van der Waals surface area contributed by atoms with Crippen molar-refractivity contribution in [2.24, 2.45) is 5.41 Å². The number of ether oxygens (including phenoxy) is 4. The van der Waals surface area contributed by atoms with E-state index in [2.05, 4.69) is 46.6 Å². The number of Topliss-reactive ketones (excluding diaryl/α,β-unsaturated/α-hetero) is 2. The number of rotatable bonds is 10. The molecule has 0 radical (unpaired) electrons. The lowest BCUT2D eigenvalue weighted by molar-refractivity contribution is -0.141. The van der Waals surface area contributed by atoms with Crippen molar-refractivity contribution < 1.29 is 38.1 Å². The molecule has 8 heteroatoms.